The van der Waals surface area contributed by atoms with Crippen LogP contribution in [0.2, 0.25) is 0 Å². The standard InChI is InChI=1S/2C16H19NO2/c2*1-19-16(18)15-9-13(11-2-3-11)8-14(10-15)12-4-6-17-7-5-12/h2*4,8-11,17H,2-3,5-7H2,1H3. The highest BCUT2D eigenvalue weighted by molar-refractivity contribution is 5.91. The van der Waals surface area contributed by atoms with Gasteiger partial charge in [-0.2, -0.15) is 0 Å². The molecule has 0 spiro atoms. The number of methoxy groups -OCH3 is 2. The third-order valence-corrected chi connectivity index (χ3v) is 7.72. The lowest BCUT2D eigenvalue weighted by atomic mass is 9.94. The molecule has 0 unspecified atom stereocenters. The van der Waals surface area contributed by atoms with Gasteiger partial charge in [0, 0.05) is 13.1 Å². The molecule has 0 bridgehead atoms. The average Bonchev–Trinajstić information content (AvgIpc) is 3.90. The van der Waals surface area contributed by atoms with Crippen LogP contribution >= 0.6 is 0 Å². The van der Waals surface area contributed by atoms with Crippen LogP contribution in [0.25, 0.3) is 11.1 Å². The van der Waals surface area contributed by atoms with E-state index in [1.165, 1.54) is 73.3 Å². The topological polar surface area (TPSA) is 76.7 Å². The summed E-state index contributed by atoms with van der Waals surface area (Å²) in [5, 5.41) is 6.63. The van der Waals surface area contributed by atoms with Gasteiger partial charge >= 0.3 is 11.9 Å². The number of nitrogens with one attached hydrogen (secondary N) is 2. The Labute approximate surface area is 225 Å². The highest BCUT2D eigenvalue weighted by atomic mass is 16.5. The molecule has 0 amide bonds. The van der Waals surface area contributed by atoms with Crippen LogP contribution in [0, 0.1) is 0 Å². The maximum atomic E-state index is 11.8. The minimum Gasteiger partial charge on any atom is -0.465 e. The molecule has 4 aliphatic rings. The monoisotopic (exact) mass is 514 g/mol. The predicted molar refractivity (Wildman–Crippen MR) is 150 cm³/mol. The molecule has 2 aliphatic carbocycles. The number of ether oxygens (including phenoxy) is 2. The van der Waals surface area contributed by atoms with Crippen molar-refractivity contribution in [1.82, 2.24) is 10.6 Å². The number of carbonyl (C=O) groups excluding carboxylic acids is 2. The third kappa shape index (κ3) is 6.61. The normalized spacial score (nSPS) is 18.9. The zero-order valence-corrected chi connectivity index (χ0v) is 22.5. The SMILES string of the molecule is COC(=O)c1cc(C2=CCNCC2)cc(C2CC2)c1.COC(=O)c1cc(C2=CCNCC2)cc(C2CC2)c1. The van der Waals surface area contributed by atoms with Gasteiger partial charge in [0.15, 0.2) is 0 Å². The number of esters is 2. The van der Waals surface area contributed by atoms with Gasteiger partial charge in [0.25, 0.3) is 0 Å². The van der Waals surface area contributed by atoms with Gasteiger partial charge in [0.1, 0.15) is 0 Å². The van der Waals surface area contributed by atoms with Crippen molar-refractivity contribution in [2.75, 3.05) is 40.4 Å². The maximum absolute atomic E-state index is 11.8. The molecule has 2 aromatic rings. The quantitative estimate of drug-likeness (QED) is 0.499. The molecule has 2 aliphatic heterocycles. The first-order chi connectivity index (χ1) is 18.6. The van der Waals surface area contributed by atoms with E-state index in [1.807, 2.05) is 24.3 Å². The largest absolute Gasteiger partial charge is 0.465 e. The molecule has 200 valence electrons. The van der Waals surface area contributed by atoms with Crippen molar-refractivity contribution in [3.63, 3.8) is 0 Å². The van der Waals surface area contributed by atoms with Crippen molar-refractivity contribution < 1.29 is 19.1 Å². The zero-order chi connectivity index (χ0) is 26.5. The Balaban J connectivity index is 0.000000155. The zero-order valence-electron chi connectivity index (χ0n) is 22.5. The number of rotatable bonds is 6. The van der Waals surface area contributed by atoms with Crippen molar-refractivity contribution in [2.24, 2.45) is 0 Å². The highest BCUT2D eigenvalue weighted by Gasteiger charge is 2.26. The van der Waals surface area contributed by atoms with Crippen LogP contribution in [0.5, 0.6) is 0 Å². The number of hydrogen-bond acceptors (Lipinski definition) is 6. The second kappa shape index (κ2) is 12.1. The lowest BCUT2D eigenvalue weighted by molar-refractivity contribution is 0.0591. The van der Waals surface area contributed by atoms with Gasteiger partial charge < -0.3 is 20.1 Å². The first kappa shape index (κ1) is 26.4. The molecule has 2 aromatic carbocycles. The predicted octanol–water partition coefficient (Wildman–Crippen LogP) is 5.45. The van der Waals surface area contributed by atoms with Gasteiger partial charge in [-0.1, -0.05) is 24.3 Å². The summed E-state index contributed by atoms with van der Waals surface area (Å²) in [7, 11) is 2.88. The van der Waals surface area contributed by atoms with E-state index in [9.17, 15) is 9.59 Å². The van der Waals surface area contributed by atoms with Crippen molar-refractivity contribution in [1.29, 1.82) is 0 Å². The van der Waals surface area contributed by atoms with E-state index in [1.54, 1.807) is 0 Å². The molecule has 0 radical (unpaired) electrons. The Morgan fingerprint density at radius 3 is 1.39 bits per heavy atom. The molecule has 38 heavy (non-hydrogen) atoms. The molecule has 2 saturated carbocycles. The fourth-order valence-corrected chi connectivity index (χ4v) is 5.22. The van der Waals surface area contributed by atoms with Crippen molar-refractivity contribution in [2.45, 2.75) is 50.4 Å². The number of benzene rings is 2. The fourth-order valence-electron chi connectivity index (χ4n) is 5.22. The van der Waals surface area contributed by atoms with E-state index in [-0.39, 0.29) is 11.9 Å². The van der Waals surface area contributed by atoms with Gasteiger partial charge in [-0.15, -0.1) is 0 Å². The molecule has 6 nitrogen and oxygen atoms in total. The number of carbonyl (C=O) groups is 2. The Kier molecular flexibility index (Phi) is 8.40. The minimum absolute atomic E-state index is 0.238. The van der Waals surface area contributed by atoms with Crippen molar-refractivity contribution in [3.05, 3.63) is 81.9 Å². The summed E-state index contributed by atoms with van der Waals surface area (Å²) in [6, 6.07) is 12.4. The van der Waals surface area contributed by atoms with Crippen LogP contribution in [-0.4, -0.2) is 52.3 Å². The van der Waals surface area contributed by atoms with Gasteiger partial charge in [0.2, 0.25) is 0 Å². The first-order valence-electron chi connectivity index (χ1n) is 13.8. The highest BCUT2D eigenvalue weighted by Crippen LogP contribution is 2.42. The van der Waals surface area contributed by atoms with E-state index in [2.05, 4.69) is 34.9 Å². The smallest absolute Gasteiger partial charge is 0.337 e. The van der Waals surface area contributed by atoms with E-state index in [4.69, 9.17) is 9.47 Å². The Bertz CT molecular complexity index is 1160. The fraction of sp³-hybridized carbons (Fsp3) is 0.438. The van der Waals surface area contributed by atoms with E-state index in [0.717, 1.165) is 39.0 Å². The van der Waals surface area contributed by atoms with E-state index < -0.39 is 0 Å². The third-order valence-electron chi connectivity index (χ3n) is 7.72. The summed E-state index contributed by atoms with van der Waals surface area (Å²) in [5.41, 5.74) is 8.99. The molecule has 0 saturated heterocycles. The average molecular weight is 515 g/mol. The minimum atomic E-state index is -0.238. The molecule has 2 heterocycles. The Morgan fingerprint density at radius 2 is 1.08 bits per heavy atom. The van der Waals surface area contributed by atoms with Gasteiger partial charge in [-0.05, 0) is 121 Å². The van der Waals surface area contributed by atoms with Crippen LogP contribution in [-0.2, 0) is 9.47 Å². The summed E-state index contributed by atoms with van der Waals surface area (Å²) >= 11 is 0. The lowest BCUT2D eigenvalue weighted by Gasteiger charge is -2.16. The van der Waals surface area contributed by atoms with Gasteiger partial charge in [0.05, 0.1) is 25.3 Å². The summed E-state index contributed by atoms with van der Waals surface area (Å²) in [4.78, 5) is 23.6. The van der Waals surface area contributed by atoms with Crippen LogP contribution < -0.4 is 10.6 Å². The summed E-state index contributed by atoms with van der Waals surface area (Å²) < 4.78 is 9.73. The van der Waals surface area contributed by atoms with Gasteiger partial charge in [-0.3, -0.25) is 0 Å². The first-order valence-corrected chi connectivity index (χ1v) is 13.8. The Hall–Kier alpha value is -3.22. The van der Waals surface area contributed by atoms with Crippen LogP contribution in [0.4, 0.5) is 0 Å². The molecular weight excluding hydrogens is 476 g/mol. The summed E-state index contributed by atoms with van der Waals surface area (Å²) in [5.74, 6) is 0.813. The lowest BCUT2D eigenvalue weighted by Crippen LogP contribution is -2.20. The van der Waals surface area contributed by atoms with Gasteiger partial charge in [-0.25, -0.2) is 9.59 Å². The second-order valence-corrected chi connectivity index (χ2v) is 10.6. The van der Waals surface area contributed by atoms with Crippen molar-refractivity contribution >= 4 is 23.1 Å². The summed E-state index contributed by atoms with van der Waals surface area (Å²) in [6.07, 6.45) is 11.4. The van der Waals surface area contributed by atoms with E-state index >= 15 is 0 Å². The molecular formula is C32H38N2O4. The molecule has 2 N–H and O–H groups in total. The van der Waals surface area contributed by atoms with Crippen molar-refractivity contribution in [3.8, 4) is 0 Å². The van der Waals surface area contributed by atoms with E-state index in [0.29, 0.717) is 23.0 Å². The molecule has 6 heteroatoms. The molecule has 0 atom stereocenters. The van der Waals surface area contributed by atoms with Crippen LogP contribution in [0.15, 0.2) is 48.6 Å². The molecule has 2 fully saturated rings. The molecule has 0 aromatic heterocycles. The molecule has 6 rings (SSSR count). The number of hydrogen-bond donors (Lipinski definition) is 2. The maximum Gasteiger partial charge on any atom is 0.337 e. The summed E-state index contributed by atoms with van der Waals surface area (Å²) in [6.45, 7) is 3.84. The second-order valence-electron chi connectivity index (χ2n) is 10.6. The Morgan fingerprint density at radius 1 is 0.658 bits per heavy atom. The van der Waals surface area contributed by atoms with Crippen LogP contribution in [0.3, 0.4) is 0 Å². The van der Waals surface area contributed by atoms with Crippen LogP contribution in [0.1, 0.15) is 93.3 Å².